The van der Waals surface area contributed by atoms with Crippen LogP contribution in [0.15, 0.2) is 0 Å². The molecule has 0 aromatic carbocycles. The average Bonchev–Trinajstić information content (AvgIpc) is 2.97. The van der Waals surface area contributed by atoms with Gasteiger partial charge in [-0.15, -0.1) is 0 Å². The third-order valence-corrected chi connectivity index (χ3v) is 3.11. The summed E-state index contributed by atoms with van der Waals surface area (Å²) in [5, 5.41) is 11.3. The summed E-state index contributed by atoms with van der Waals surface area (Å²) in [7, 11) is 0. The molecule has 0 bridgehead atoms. The van der Waals surface area contributed by atoms with Crippen LogP contribution in [0.4, 0.5) is 13.2 Å². The summed E-state index contributed by atoms with van der Waals surface area (Å²) in [6.07, 6.45) is -0.836. The molecule has 1 aliphatic rings. The van der Waals surface area contributed by atoms with Gasteiger partial charge in [0.25, 0.3) is 0 Å². The maximum Gasteiger partial charge on any atom is 0.403 e. The van der Waals surface area contributed by atoms with Crippen LogP contribution in [-0.2, 0) is 4.79 Å². The topological polar surface area (TPSA) is 49.3 Å². The first-order chi connectivity index (χ1) is 7.84. The van der Waals surface area contributed by atoms with E-state index >= 15 is 0 Å². The van der Waals surface area contributed by atoms with Crippen LogP contribution in [0, 0.1) is 11.8 Å². The molecule has 2 unspecified atom stereocenters. The van der Waals surface area contributed by atoms with Crippen LogP contribution in [0.1, 0.15) is 32.6 Å². The first kappa shape index (κ1) is 14.3. The molecule has 0 heterocycles. The molecule has 0 aromatic heterocycles. The van der Waals surface area contributed by atoms with Crippen LogP contribution < -0.4 is 5.32 Å². The van der Waals surface area contributed by atoms with Crippen molar-refractivity contribution in [3.05, 3.63) is 0 Å². The van der Waals surface area contributed by atoms with Gasteiger partial charge in [-0.25, -0.2) is 0 Å². The molecule has 0 saturated heterocycles. The Hall–Kier alpha value is -0.780. The molecule has 6 heteroatoms. The highest BCUT2D eigenvalue weighted by atomic mass is 19.4. The molecule has 1 saturated carbocycles. The van der Waals surface area contributed by atoms with Crippen molar-refractivity contribution in [2.24, 2.45) is 11.8 Å². The molecule has 0 aliphatic heterocycles. The molecular weight excluding hydrogens is 235 g/mol. The molecular formula is C11H18F3NO2. The van der Waals surface area contributed by atoms with Crippen molar-refractivity contribution in [2.45, 2.75) is 44.8 Å². The summed E-state index contributed by atoms with van der Waals surface area (Å²) in [6.45, 7) is 1.35. The van der Waals surface area contributed by atoms with Gasteiger partial charge in [0, 0.05) is 12.6 Å². The number of hydrogen-bond acceptors (Lipinski definition) is 2. The van der Waals surface area contributed by atoms with Crippen molar-refractivity contribution in [2.75, 3.05) is 6.54 Å². The van der Waals surface area contributed by atoms with Gasteiger partial charge in [-0.05, 0) is 18.8 Å². The van der Waals surface area contributed by atoms with Crippen LogP contribution in [0.3, 0.4) is 0 Å². The van der Waals surface area contributed by atoms with E-state index in [1.165, 1.54) is 0 Å². The molecule has 100 valence electrons. The Morgan fingerprint density at radius 2 is 2.06 bits per heavy atom. The number of aliphatic carboxylic acids is 1. The van der Waals surface area contributed by atoms with Gasteiger partial charge in [-0.2, -0.15) is 13.2 Å². The van der Waals surface area contributed by atoms with E-state index in [0.717, 1.165) is 25.7 Å². The van der Waals surface area contributed by atoms with Crippen molar-refractivity contribution in [1.82, 2.24) is 5.32 Å². The fraction of sp³-hybridized carbons (Fsp3) is 0.909. The van der Waals surface area contributed by atoms with E-state index in [4.69, 9.17) is 5.11 Å². The lowest BCUT2D eigenvalue weighted by molar-refractivity contribution is -0.192. The summed E-state index contributed by atoms with van der Waals surface area (Å²) in [5.74, 6) is -3.51. The fourth-order valence-corrected chi connectivity index (χ4v) is 1.78. The zero-order valence-electron chi connectivity index (χ0n) is 9.76. The number of nitrogens with one attached hydrogen (secondary N) is 1. The smallest absolute Gasteiger partial charge is 0.403 e. The van der Waals surface area contributed by atoms with Gasteiger partial charge < -0.3 is 10.4 Å². The number of hydrogen-bond donors (Lipinski definition) is 2. The summed E-state index contributed by atoms with van der Waals surface area (Å²) >= 11 is 0. The monoisotopic (exact) mass is 253 g/mol. The predicted octanol–water partition coefficient (Wildman–Crippen LogP) is 2.42. The van der Waals surface area contributed by atoms with Crippen molar-refractivity contribution >= 4 is 5.97 Å². The van der Waals surface area contributed by atoms with Crippen molar-refractivity contribution < 1.29 is 23.1 Å². The van der Waals surface area contributed by atoms with Gasteiger partial charge >= 0.3 is 12.1 Å². The lowest BCUT2D eigenvalue weighted by Gasteiger charge is -2.21. The maximum absolute atomic E-state index is 12.4. The van der Waals surface area contributed by atoms with Crippen LogP contribution in [-0.4, -0.2) is 29.8 Å². The highest BCUT2D eigenvalue weighted by Gasteiger charge is 2.45. The zero-order chi connectivity index (χ0) is 13.1. The molecule has 0 radical (unpaired) electrons. The molecule has 1 aliphatic carbocycles. The number of rotatable bonds is 7. The fourth-order valence-electron chi connectivity index (χ4n) is 1.78. The van der Waals surface area contributed by atoms with E-state index in [0.29, 0.717) is 5.92 Å². The number of carbonyl (C=O) groups is 1. The summed E-state index contributed by atoms with van der Waals surface area (Å²) < 4.78 is 37.1. The predicted molar refractivity (Wildman–Crippen MR) is 56.6 cm³/mol. The van der Waals surface area contributed by atoms with E-state index < -0.39 is 24.6 Å². The number of alkyl halides is 3. The third kappa shape index (κ3) is 4.93. The Kier molecular flexibility index (Phi) is 4.80. The van der Waals surface area contributed by atoms with E-state index in [9.17, 15) is 18.0 Å². The molecule has 0 aromatic rings. The van der Waals surface area contributed by atoms with Gasteiger partial charge in [0.15, 0.2) is 5.92 Å². The van der Waals surface area contributed by atoms with Gasteiger partial charge in [-0.1, -0.05) is 19.8 Å². The molecule has 1 rings (SSSR count). The second kappa shape index (κ2) is 5.71. The molecule has 0 spiro atoms. The zero-order valence-corrected chi connectivity index (χ0v) is 9.76. The molecule has 2 atom stereocenters. The standard InChI is InChI=1S/C11H18F3NO2/c1-2-8(5-7-3-4-7)15-6-9(10(16)17)11(12,13)14/h7-9,15H,2-6H2,1H3,(H,16,17). The lowest BCUT2D eigenvalue weighted by Crippen LogP contribution is -2.42. The molecule has 3 nitrogen and oxygen atoms in total. The van der Waals surface area contributed by atoms with E-state index in [2.05, 4.69) is 5.32 Å². The molecule has 0 amide bonds. The normalized spacial score (nSPS) is 20.0. The van der Waals surface area contributed by atoms with Crippen molar-refractivity contribution in [1.29, 1.82) is 0 Å². The third-order valence-electron chi connectivity index (χ3n) is 3.11. The molecule has 17 heavy (non-hydrogen) atoms. The minimum absolute atomic E-state index is 0.00769. The molecule has 1 fully saturated rings. The van der Waals surface area contributed by atoms with Gasteiger partial charge in [0.2, 0.25) is 0 Å². The van der Waals surface area contributed by atoms with Crippen molar-refractivity contribution in [3.63, 3.8) is 0 Å². The highest BCUT2D eigenvalue weighted by Crippen LogP contribution is 2.34. The molecule has 2 N–H and O–H groups in total. The van der Waals surface area contributed by atoms with E-state index in [1.54, 1.807) is 0 Å². The Morgan fingerprint density at radius 3 is 2.41 bits per heavy atom. The second-order valence-electron chi connectivity index (χ2n) is 4.62. The van der Waals surface area contributed by atoms with Gasteiger partial charge in [0.1, 0.15) is 0 Å². The Balaban J connectivity index is 2.41. The Bertz CT molecular complexity index is 264. The van der Waals surface area contributed by atoms with Gasteiger partial charge in [0.05, 0.1) is 0 Å². The minimum Gasteiger partial charge on any atom is -0.481 e. The Morgan fingerprint density at radius 1 is 1.47 bits per heavy atom. The average molecular weight is 253 g/mol. The minimum atomic E-state index is -4.68. The lowest BCUT2D eigenvalue weighted by atomic mass is 10.1. The highest BCUT2D eigenvalue weighted by molar-refractivity contribution is 5.71. The SMILES string of the molecule is CCC(CC1CC1)NCC(C(=O)O)C(F)(F)F. The summed E-state index contributed by atoms with van der Waals surface area (Å²) in [5.41, 5.74) is 0. The summed E-state index contributed by atoms with van der Waals surface area (Å²) in [4.78, 5) is 10.5. The quantitative estimate of drug-likeness (QED) is 0.732. The van der Waals surface area contributed by atoms with Crippen LogP contribution >= 0.6 is 0 Å². The second-order valence-corrected chi connectivity index (χ2v) is 4.62. The first-order valence-corrected chi connectivity index (χ1v) is 5.87. The number of halogens is 3. The maximum atomic E-state index is 12.4. The van der Waals surface area contributed by atoms with Gasteiger partial charge in [-0.3, -0.25) is 4.79 Å². The first-order valence-electron chi connectivity index (χ1n) is 5.87. The van der Waals surface area contributed by atoms with E-state index in [-0.39, 0.29) is 6.04 Å². The van der Waals surface area contributed by atoms with E-state index in [1.807, 2.05) is 6.92 Å². The number of carboxylic acid groups (broad SMARTS) is 1. The number of carboxylic acids is 1. The van der Waals surface area contributed by atoms with Crippen LogP contribution in [0.5, 0.6) is 0 Å². The Labute approximate surface area is 98.4 Å². The largest absolute Gasteiger partial charge is 0.481 e. The van der Waals surface area contributed by atoms with Crippen LogP contribution in [0.2, 0.25) is 0 Å². The summed E-state index contributed by atoms with van der Waals surface area (Å²) in [6, 6.07) is -0.00769. The van der Waals surface area contributed by atoms with Crippen molar-refractivity contribution in [3.8, 4) is 0 Å². The van der Waals surface area contributed by atoms with Crippen LogP contribution in [0.25, 0.3) is 0 Å².